The monoisotopic (exact) mass is 271 g/mol. The molecule has 5 nitrogen and oxygen atoms in total. The molecule has 2 atom stereocenters. The van der Waals surface area contributed by atoms with Gasteiger partial charge < -0.3 is 9.67 Å². The van der Waals surface area contributed by atoms with Crippen molar-refractivity contribution in [1.82, 2.24) is 4.57 Å². The maximum absolute atomic E-state index is 12.1. The highest BCUT2D eigenvalue weighted by Gasteiger charge is 2.61. The van der Waals surface area contributed by atoms with Gasteiger partial charge >= 0.3 is 5.97 Å². The van der Waals surface area contributed by atoms with E-state index in [9.17, 15) is 19.5 Å². The Labute approximate surface area is 108 Å². The van der Waals surface area contributed by atoms with Crippen molar-refractivity contribution >= 4 is 25.9 Å². The van der Waals surface area contributed by atoms with Gasteiger partial charge in [0.25, 0.3) is 0 Å². The van der Waals surface area contributed by atoms with E-state index in [4.69, 9.17) is 0 Å². The largest absolute Gasteiger partial charge is 0.480 e. The van der Waals surface area contributed by atoms with Crippen molar-refractivity contribution in [3.05, 3.63) is 0 Å². The number of amides is 1. The number of carboxylic acids is 1. The van der Waals surface area contributed by atoms with Crippen LogP contribution in [0, 0.1) is 5.92 Å². The summed E-state index contributed by atoms with van der Waals surface area (Å²) >= 11 is 0. The predicted octanol–water partition coefficient (Wildman–Crippen LogP) is 1.49. The van der Waals surface area contributed by atoms with Crippen LogP contribution in [0.5, 0.6) is 0 Å². The normalized spacial score (nSPS) is 24.8. The Hall–Kier alpha value is -1.17. The molecule has 0 bridgehead atoms. The van der Waals surface area contributed by atoms with Gasteiger partial charge in [-0.25, -0.2) is 4.79 Å². The van der Waals surface area contributed by atoms with Crippen molar-refractivity contribution in [3.63, 3.8) is 0 Å². The van der Waals surface area contributed by atoms with Gasteiger partial charge in [0.15, 0.2) is 8.24 Å². The molecule has 1 N–H and O–H groups in total. The molecule has 0 aromatic heterocycles. The first-order chi connectivity index (χ1) is 7.93. The van der Waals surface area contributed by atoms with Crippen LogP contribution in [0.3, 0.4) is 0 Å². The first-order valence-corrected chi connectivity index (χ1v) is 8.94. The van der Waals surface area contributed by atoms with Crippen molar-refractivity contribution in [2.75, 3.05) is 0 Å². The van der Waals surface area contributed by atoms with Gasteiger partial charge in [-0.1, -0.05) is 33.9 Å². The van der Waals surface area contributed by atoms with Crippen molar-refractivity contribution in [2.45, 2.75) is 51.9 Å². The number of hydrogen-bond acceptors (Lipinski definition) is 3. The molecule has 0 spiro atoms. The summed E-state index contributed by atoms with van der Waals surface area (Å²) in [5.41, 5.74) is 0. The van der Waals surface area contributed by atoms with Crippen LogP contribution in [0.15, 0.2) is 0 Å². The van der Waals surface area contributed by atoms with E-state index >= 15 is 0 Å². The van der Waals surface area contributed by atoms with E-state index in [-0.39, 0.29) is 16.7 Å². The Morgan fingerprint density at radius 2 is 1.72 bits per heavy atom. The summed E-state index contributed by atoms with van der Waals surface area (Å²) in [7, 11) is -2.25. The summed E-state index contributed by atoms with van der Waals surface area (Å²) in [6, 6.07) is -0.976. The Morgan fingerprint density at radius 3 is 2.00 bits per heavy atom. The molecule has 0 aromatic carbocycles. The van der Waals surface area contributed by atoms with Gasteiger partial charge in [-0.05, 0) is 12.0 Å². The third-order valence-electron chi connectivity index (χ3n) is 4.23. The van der Waals surface area contributed by atoms with Gasteiger partial charge in [0.1, 0.15) is 17.7 Å². The van der Waals surface area contributed by atoms with Crippen molar-refractivity contribution < 1.29 is 19.5 Å². The first kappa shape index (κ1) is 14.9. The fourth-order valence-electron chi connectivity index (χ4n) is 2.12. The molecule has 18 heavy (non-hydrogen) atoms. The van der Waals surface area contributed by atoms with Crippen LogP contribution in [0.1, 0.15) is 27.7 Å². The summed E-state index contributed by atoms with van der Waals surface area (Å²) in [5.74, 6) is -2.75. The highest BCUT2D eigenvalue weighted by molar-refractivity contribution is 6.80. The molecule has 1 amide bonds. The molecule has 1 heterocycles. The van der Waals surface area contributed by atoms with Crippen LogP contribution in [-0.2, 0) is 14.4 Å². The molecule has 1 saturated heterocycles. The maximum atomic E-state index is 12.1. The van der Waals surface area contributed by atoms with E-state index in [2.05, 4.69) is 0 Å². The summed E-state index contributed by atoms with van der Waals surface area (Å²) in [4.78, 5) is 34.8. The second-order valence-corrected chi connectivity index (χ2v) is 11.5. The minimum Gasteiger partial charge on any atom is -0.480 e. The zero-order valence-corrected chi connectivity index (χ0v) is 12.8. The number of β-lactam (4-membered cyclic amide) rings is 1. The van der Waals surface area contributed by atoms with Crippen molar-refractivity contribution in [1.29, 1.82) is 0 Å². The molecule has 1 rings (SSSR count). The second kappa shape index (κ2) is 4.19. The lowest BCUT2D eigenvalue weighted by Crippen LogP contribution is -2.76. The van der Waals surface area contributed by atoms with E-state index < -0.39 is 26.2 Å². The number of Topliss-reactive ketones (excluding diaryl/α,β-unsaturated/α-hetero) is 1. The average molecular weight is 271 g/mol. The average Bonchev–Trinajstić information content (AvgIpc) is 2.09. The number of carbonyl (C=O) groups excluding carboxylic acids is 2. The molecular formula is C12H21NO4Si. The topological polar surface area (TPSA) is 74.7 Å². The molecule has 1 aliphatic heterocycles. The highest BCUT2D eigenvalue weighted by atomic mass is 28.3. The van der Waals surface area contributed by atoms with E-state index in [1.54, 1.807) is 0 Å². The Morgan fingerprint density at radius 1 is 1.28 bits per heavy atom. The van der Waals surface area contributed by atoms with Crippen LogP contribution < -0.4 is 0 Å². The maximum Gasteiger partial charge on any atom is 0.326 e. The van der Waals surface area contributed by atoms with Crippen LogP contribution in [0.2, 0.25) is 18.1 Å². The molecule has 6 heteroatoms. The van der Waals surface area contributed by atoms with Crippen LogP contribution >= 0.6 is 0 Å². The molecule has 1 aliphatic rings. The zero-order valence-electron chi connectivity index (χ0n) is 11.8. The van der Waals surface area contributed by atoms with Crippen LogP contribution in [0.4, 0.5) is 0 Å². The molecule has 0 unspecified atom stereocenters. The zero-order chi connectivity index (χ0) is 14.5. The molecule has 102 valence electrons. The van der Waals surface area contributed by atoms with Gasteiger partial charge in [0.05, 0.1) is 0 Å². The number of nitrogens with zero attached hydrogens (tertiary/aromatic N) is 1. The van der Waals surface area contributed by atoms with E-state index in [0.29, 0.717) is 0 Å². The van der Waals surface area contributed by atoms with Gasteiger partial charge in [-0.15, -0.1) is 0 Å². The number of carbonyl (C=O) groups is 3. The minimum absolute atomic E-state index is 0.141. The van der Waals surface area contributed by atoms with E-state index in [1.807, 2.05) is 33.9 Å². The highest BCUT2D eigenvalue weighted by Crippen LogP contribution is 2.44. The van der Waals surface area contributed by atoms with Crippen molar-refractivity contribution in [3.8, 4) is 0 Å². The lowest BCUT2D eigenvalue weighted by Gasteiger charge is -2.56. The first-order valence-electron chi connectivity index (χ1n) is 5.99. The predicted molar refractivity (Wildman–Crippen MR) is 69.6 cm³/mol. The van der Waals surface area contributed by atoms with Crippen LogP contribution in [-0.4, -0.2) is 41.6 Å². The number of hydrogen-bond donors (Lipinski definition) is 1. The summed E-state index contributed by atoms with van der Waals surface area (Å²) in [5, 5.41) is 9.11. The third-order valence-corrected chi connectivity index (χ3v) is 9.60. The molecular weight excluding hydrogens is 250 g/mol. The molecule has 0 aromatic rings. The van der Waals surface area contributed by atoms with Gasteiger partial charge in [-0.2, -0.15) is 0 Å². The SMILES string of the molecule is CC(=O)[C@H]1C(=O)N([Si](C)(C)C(C)(C)C)[C@@H]1C(=O)O. The summed E-state index contributed by atoms with van der Waals surface area (Å²) < 4.78 is 1.47. The fourth-order valence-corrected chi connectivity index (χ4v) is 4.49. The Balaban J connectivity index is 3.15. The van der Waals surface area contributed by atoms with Gasteiger partial charge in [0, 0.05) is 0 Å². The number of rotatable bonds is 3. The standard InChI is InChI=1S/C12H21NO4Si/c1-7(14)8-9(11(16)17)13(10(8)15)18(5,6)12(2,3)4/h8-9H,1-6H3,(H,16,17)/t8-,9+/m1/s1. The Kier molecular flexibility index (Phi) is 3.46. The summed E-state index contributed by atoms with van der Waals surface area (Å²) in [6.45, 7) is 11.2. The van der Waals surface area contributed by atoms with Gasteiger partial charge in [-0.3, -0.25) is 9.59 Å². The van der Waals surface area contributed by atoms with Crippen LogP contribution in [0.25, 0.3) is 0 Å². The lowest BCUT2D eigenvalue weighted by atomic mass is 9.87. The molecule has 1 fully saturated rings. The smallest absolute Gasteiger partial charge is 0.326 e. The molecule has 0 aliphatic carbocycles. The number of aliphatic carboxylic acids is 1. The molecule has 0 saturated carbocycles. The Bertz CT molecular complexity index is 411. The quantitative estimate of drug-likeness (QED) is 0.479. The van der Waals surface area contributed by atoms with Gasteiger partial charge in [0.2, 0.25) is 5.91 Å². The second-order valence-electron chi connectivity index (χ2n) is 6.39. The molecule has 0 radical (unpaired) electrons. The fraction of sp³-hybridized carbons (Fsp3) is 0.750. The number of ketones is 1. The van der Waals surface area contributed by atoms with E-state index in [1.165, 1.54) is 11.5 Å². The van der Waals surface area contributed by atoms with Crippen molar-refractivity contribution in [2.24, 2.45) is 5.92 Å². The van der Waals surface area contributed by atoms with E-state index in [0.717, 1.165) is 0 Å². The number of carboxylic acid groups (broad SMARTS) is 1. The summed E-state index contributed by atoms with van der Waals surface area (Å²) in [6.07, 6.45) is 0. The minimum atomic E-state index is -2.25. The third kappa shape index (κ3) is 1.98. The lowest BCUT2D eigenvalue weighted by molar-refractivity contribution is -0.166.